The molecule has 0 atom stereocenters. The van der Waals surface area contributed by atoms with Gasteiger partial charge in [0, 0.05) is 28.5 Å². The number of para-hydroxylation sites is 1. The third-order valence-corrected chi connectivity index (χ3v) is 4.98. The minimum Gasteiger partial charge on any atom is -0.422 e. The van der Waals surface area contributed by atoms with Gasteiger partial charge in [-0.3, -0.25) is 15.5 Å². The zero-order chi connectivity index (χ0) is 20.4. The van der Waals surface area contributed by atoms with E-state index in [2.05, 4.69) is 15.5 Å². The molecule has 0 bridgehead atoms. The molecule has 29 heavy (non-hydrogen) atoms. The van der Waals surface area contributed by atoms with Crippen LogP contribution in [0.15, 0.2) is 74.3 Å². The molecular formula is C20H14N4O4S. The van der Waals surface area contributed by atoms with E-state index in [-0.39, 0.29) is 5.69 Å². The summed E-state index contributed by atoms with van der Waals surface area (Å²) in [6, 6.07) is 15.2. The van der Waals surface area contributed by atoms with Crippen LogP contribution < -0.4 is 11.1 Å². The molecule has 4 rings (SSSR count). The van der Waals surface area contributed by atoms with Gasteiger partial charge in [0.15, 0.2) is 0 Å². The van der Waals surface area contributed by atoms with Crippen LogP contribution in [0.25, 0.3) is 22.2 Å². The van der Waals surface area contributed by atoms with E-state index < -0.39 is 10.5 Å². The number of anilines is 1. The van der Waals surface area contributed by atoms with Crippen molar-refractivity contribution in [1.82, 2.24) is 4.98 Å². The van der Waals surface area contributed by atoms with Crippen molar-refractivity contribution in [3.05, 3.63) is 86.1 Å². The molecule has 0 aliphatic carbocycles. The van der Waals surface area contributed by atoms with Crippen molar-refractivity contribution >= 4 is 38.8 Å². The maximum absolute atomic E-state index is 12.2. The molecule has 2 aromatic carbocycles. The van der Waals surface area contributed by atoms with Gasteiger partial charge in [0.05, 0.1) is 21.9 Å². The molecule has 4 aromatic rings. The van der Waals surface area contributed by atoms with E-state index in [0.29, 0.717) is 27.7 Å². The summed E-state index contributed by atoms with van der Waals surface area (Å²) in [4.78, 5) is 26.9. The maximum atomic E-state index is 12.2. The van der Waals surface area contributed by atoms with Crippen LogP contribution >= 0.6 is 11.3 Å². The average molecular weight is 406 g/mol. The van der Waals surface area contributed by atoms with Gasteiger partial charge in [-0.1, -0.05) is 18.2 Å². The largest absolute Gasteiger partial charge is 0.422 e. The molecule has 0 fully saturated rings. The highest BCUT2D eigenvalue weighted by Crippen LogP contribution is 2.26. The Morgan fingerprint density at radius 2 is 1.97 bits per heavy atom. The van der Waals surface area contributed by atoms with Crippen LogP contribution in [0.4, 0.5) is 10.8 Å². The lowest BCUT2D eigenvalue weighted by Gasteiger charge is -2.02. The molecule has 0 saturated heterocycles. The van der Waals surface area contributed by atoms with Crippen molar-refractivity contribution in [2.24, 2.45) is 5.10 Å². The summed E-state index contributed by atoms with van der Waals surface area (Å²) in [5.41, 5.74) is 5.20. The van der Waals surface area contributed by atoms with Crippen LogP contribution in [0.2, 0.25) is 0 Å². The van der Waals surface area contributed by atoms with Crippen molar-refractivity contribution in [3.8, 4) is 11.3 Å². The van der Waals surface area contributed by atoms with Gasteiger partial charge in [-0.25, -0.2) is 9.78 Å². The first-order valence-electron chi connectivity index (χ1n) is 8.55. The summed E-state index contributed by atoms with van der Waals surface area (Å²) in [7, 11) is 0. The first kappa shape index (κ1) is 18.5. The van der Waals surface area contributed by atoms with Crippen molar-refractivity contribution in [2.75, 3.05) is 5.43 Å². The molecule has 2 heterocycles. The van der Waals surface area contributed by atoms with E-state index >= 15 is 0 Å². The molecule has 0 radical (unpaired) electrons. The normalized spacial score (nSPS) is 11.6. The smallest absolute Gasteiger partial charge is 0.345 e. The van der Waals surface area contributed by atoms with Gasteiger partial charge in [-0.15, -0.1) is 11.3 Å². The van der Waals surface area contributed by atoms with Crippen LogP contribution in [0, 0.1) is 10.1 Å². The van der Waals surface area contributed by atoms with Gasteiger partial charge in [0.2, 0.25) is 5.13 Å². The molecule has 1 N–H and O–H groups in total. The predicted octanol–water partition coefficient (Wildman–Crippen LogP) is 4.66. The fourth-order valence-electron chi connectivity index (χ4n) is 2.72. The van der Waals surface area contributed by atoms with Crippen molar-refractivity contribution in [1.29, 1.82) is 0 Å². The Kier molecular flexibility index (Phi) is 4.88. The molecule has 0 unspecified atom stereocenters. The first-order chi connectivity index (χ1) is 14.0. The summed E-state index contributed by atoms with van der Waals surface area (Å²) in [5, 5.41) is 18.2. The molecule has 144 valence electrons. The SMILES string of the molecule is C/C(=N/Nc1nc(-c2ccc([N+](=O)[O-])cc2)cs1)c1cc2ccccc2oc1=O. The maximum Gasteiger partial charge on any atom is 0.345 e. The lowest BCUT2D eigenvalue weighted by molar-refractivity contribution is -0.384. The number of nitro benzene ring substituents is 1. The highest BCUT2D eigenvalue weighted by Gasteiger charge is 2.10. The number of hydrogen-bond donors (Lipinski definition) is 1. The lowest BCUT2D eigenvalue weighted by Crippen LogP contribution is -2.13. The van der Waals surface area contributed by atoms with Gasteiger partial charge in [0.25, 0.3) is 5.69 Å². The Bertz CT molecular complexity index is 1290. The molecule has 0 saturated carbocycles. The summed E-state index contributed by atoms with van der Waals surface area (Å²) < 4.78 is 5.33. The van der Waals surface area contributed by atoms with Crippen LogP contribution in [0.3, 0.4) is 0 Å². The van der Waals surface area contributed by atoms with Crippen LogP contribution in [0.5, 0.6) is 0 Å². The van der Waals surface area contributed by atoms with E-state index in [1.54, 1.807) is 37.3 Å². The summed E-state index contributed by atoms with van der Waals surface area (Å²) >= 11 is 1.33. The number of nitrogens with zero attached hydrogens (tertiary/aromatic N) is 3. The highest BCUT2D eigenvalue weighted by molar-refractivity contribution is 7.14. The number of thiazole rings is 1. The number of nitro groups is 1. The molecule has 9 heteroatoms. The number of fused-ring (bicyclic) bond motifs is 1. The Balaban J connectivity index is 1.54. The fraction of sp³-hybridized carbons (Fsp3) is 0.0500. The predicted molar refractivity (Wildman–Crippen MR) is 113 cm³/mol. The van der Waals surface area contributed by atoms with Gasteiger partial charge >= 0.3 is 5.63 Å². The molecule has 0 aliphatic rings. The Morgan fingerprint density at radius 1 is 1.21 bits per heavy atom. The third-order valence-electron chi connectivity index (χ3n) is 4.23. The van der Waals surface area contributed by atoms with E-state index in [1.807, 2.05) is 17.5 Å². The number of aromatic nitrogens is 1. The minimum absolute atomic E-state index is 0.0248. The van der Waals surface area contributed by atoms with Crippen molar-refractivity contribution in [2.45, 2.75) is 6.92 Å². The summed E-state index contributed by atoms with van der Waals surface area (Å²) in [6.45, 7) is 1.71. The summed E-state index contributed by atoms with van der Waals surface area (Å²) in [6.07, 6.45) is 0. The first-order valence-corrected chi connectivity index (χ1v) is 9.43. The van der Waals surface area contributed by atoms with E-state index in [0.717, 1.165) is 10.9 Å². The number of hydrogen-bond acceptors (Lipinski definition) is 8. The van der Waals surface area contributed by atoms with E-state index in [4.69, 9.17) is 4.42 Å². The van der Waals surface area contributed by atoms with E-state index in [1.165, 1.54) is 23.5 Å². The van der Waals surface area contributed by atoms with Crippen LogP contribution in [-0.4, -0.2) is 15.6 Å². The number of benzene rings is 2. The van der Waals surface area contributed by atoms with Gasteiger partial charge < -0.3 is 4.42 Å². The van der Waals surface area contributed by atoms with Crippen LogP contribution in [0.1, 0.15) is 12.5 Å². The third kappa shape index (κ3) is 3.90. The van der Waals surface area contributed by atoms with Crippen LogP contribution in [-0.2, 0) is 0 Å². The van der Waals surface area contributed by atoms with Gasteiger partial charge in [-0.05, 0) is 31.2 Å². The number of non-ortho nitro benzene ring substituents is 1. The number of nitrogens with one attached hydrogen (secondary N) is 1. The average Bonchev–Trinajstić information content (AvgIpc) is 3.20. The Labute approximate surface area is 168 Å². The van der Waals surface area contributed by atoms with Crippen molar-refractivity contribution < 1.29 is 9.34 Å². The molecular weight excluding hydrogens is 392 g/mol. The number of rotatable bonds is 5. The summed E-state index contributed by atoms with van der Waals surface area (Å²) in [5.74, 6) is 0. The molecule has 2 aromatic heterocycles. The van der Waals surface area contributed by atoms with E-state index in [9.17, 15) is 14.9 Å². The zero-order valence-electron chi connectivity index (χ0n) is 15.2. The number of hydrazone groups is 1. The lowest BCUT2D eigenvalue weighted by atomic mass is 10.1. The molecule has 8 nitrogen and oxygen atoms in total. The quantitative estimate of drug-likeness (QED) is 0.223. The Hall–Kier alpha value is -3.85. The zero-order valence-corrected chi connectivity index (χ0v) is 16.0. The second-order valence-corrected chi connectivity index (χ2v) is 6.99. The minimum atomic E-state index is -0.461. The van der Waals surface area contributed by atoms with Crippen molar-refractivity contribution in [3.63, 3.8) is 0 Å². The second kappa shape index (κ2) is 7.64. The molecule has 0 aliphatic heterocycles. The Morgan fingerprint density at radius 3 is 2.72 bits per heavy atom. The van der Waals surface area contributed by atoms with Gasteiger partial charge in [0.1, 0.15) is 5.58 Å². The standard InChI is InChI=1S/C20H14N4O4S/c1-12(16-10-14-4-2-3-5-18(14)28-19(16)25)22-23-20-21-17(11-29-20)13-6-8-15(9-7-13)24(26)27/h2-11H,1H3,(H,21,23)/b22-12-. The topological polar surface area (TPSA) is 111 Å². The van der Waals surface area contributed by atoms with Gasteiger partial charge in [-0.2, -0.15) is 5.10 Å². The fourth-order valence-corrected chi connectivity index (χ4v) is 3.38. The molecule has 0 amide bonds. The highest BCUT2D eigenvalue weighted by atomic mass is 32.1. The molecule has 0 spiro atoms. The second-order valence-electron chi connectivity index (χ2n) is 6.14. The monoisotopic (exact) mass is 406 g/mol.